The van der Waals surface area contributed by atoms with Crippen molar-refractivity contribution >= 4 is 0 Å². The number of rotatable bonds is 3. The van der Waals surface area contributed by atoms with Gasteiger partial charge in [-0.3, -0.25) is 0 Å². The van der Waals surface area contributed by atoms with E-state index in [-0.39, 0.29) is 12.6 Å². The molecule has 1 unspecified atom stereocenters. The van der Waals surface area contributed by atoms with Gasteiger partial charge in [-0.1, -0.05) is 18.2 Å². The first-order valence-electron chi connectivity index (χ1n) is 5.90. The van der Waals surface area contributed by atoms with E-state index in [1.165, 1.54) is 5.56 Å². The molecule has 0 fully saturated rings. The Morgan fingerprint density at radius 1 is 1.50 bits per heavy atom. The van der Waals surface area contributed by atoms with E-state index in [9.17, 15) is 0 Å². The topological polar surface area (TPSA) is 41.5 Å². The fraction of sp³-hybridized carbons (Fsp3) is 0.538. The lowest BCUT2D eigenvalue weighted by atomic mass is 10.0. The van der Waals surface area contributed by atoms with Crippen LogP contribution in [0.3, 0.4) is 0 Å². The van der Waals surface area contributed by atoms with E-state index in [1.54, 1.807) is 0 Å². The average molecular weight is 221 g/mol. The largest absolute Gasteiger partial charge is 0.493 e. The van der Waals surface area contributed by atoms with Gasteiger partial charge in [-0.05, 0) is 25.8 Å². The van der Waals surface area contributed by atoms with Gasteiger partial charge in [-0.2, -0.15) is 0 Å². The van der Waals surface area contributed by atoms with Crippen LogP contribution in [-0.4, -0.2) is 24.4 Å². The second kappa shape index (κ2) is 5.32. The van der Waals surface area contributed by atoms with Crippen molar-refractivity contribution < 1.29 is 9.84 Å². The van der Waals surface area contributed by atoms with Crippen LogP contribution in [0.5, 0.6) is 5.75 Å². The molecule has 88 valence electrons. The van der Waals surface area contributed by atoms with E-state index in [0.717, 1.165) is 25.2 Å². The van der Waals surface area contributed by atoms with Crippen LogP contribution in [0.15, 0.2) is 24.3 Å². The number of para-hydroxylation sites is 1. The molecule has 0 aromatic heterocycles. The molecule has 0 spiro atoms. The third-order valence-corrected chi connectivity index (χ3v) is 2.95. The second-order valence-electron chi connectivity index (χ2n) is 4.33. The highest BCUT2D eigenvalue weighted by atomic mass is 16.5. The van der Waals surface area contributed by atoms with Crippen molar-refractivity contribution in [3.8, 4) is 5.75 Å². The summed E-state index contributed by atoms with van der Waals surface area (Å²) in [5.74, 6) is 0.975. The molecule has 16 heavy (non-hydrogen) atoms. The molecule has 0 bridgehead atoms. The fourth-order valence-corrected chi connectivity index (χ4v) is 2.09. The molecule has 3 heteroatoms. The van der Waals surface area contributed by atoms with E-state index in [1.807, 2.05) is 25.1 Å². The molecule has 1 aliphatic rings. The highest BCUT2D eigenvalue weighted by Gasteiger charge is 2.20. The highest BCUT2D eigenvalue weighted by Crippen LogP contribution is 2.31. The lowest BCUT2D eigenvalue weighted by molar-refractivity contribution is 0.238. The van der Waals surface area contributed by atoms with Gasteiger partial charge in [0.1, 0.15) is 5.75 Å². The number of aliphatic hydroxyl groups excluding tert-OH is 1. The van der Waals surface area contributed by atoms with Gasteiger partial charge >= 0.3 is 0 Å². The Bertz CT molecular complexity index is 340. The smallest absolute Gasteiger partial charge is 0.124 e. The lowest BCUT2D eigenvalue weighted by Gasteiger charge is -2.21. The molecule has 0 radical (unpaired) electrons. The van der Waals surface area contributed by atoms with Crippen LogP contribution in [0.25, 0.3) is 0 Å². The summed E-state index contributed by atoms with van der Waals surface area (Å²) in [6, 6.07) is 8.56. The van der Waals surface area contributed by atoms with Crippen LogP contribution < -0.4 is 10.1 Å². The molecule has 0 aliphatic carbocycles. The molecule has 2 rings (SSSR count). The fourth-order valence-electron chi connectivity index (χ4n) is 2.09. The molecule has 1 aromatic carbocycles. The Balaban J connectivity index is 2.19. The van der Waals surface area contributed by atoms with Crippen molar-refractivity contribution in [2.75, 3.05) is 13.2 Å². The Morgan fingerprint density at radius 3 is 3.12 bits per heavy atom. The second-order valence-corrected chi connectivity index (χ2v) is 4.33. The van der Waals surface area contributed by atoms with Crippen molar-refractivity contribution in [1.82, 2.24) is 5.32 Å². The van der Waals surface area contributed by atoms with E-state index in [2.05, 4.69) is 11.4 Å². The highest BCUT2D eigenvalue weighted by molar-refractivity contribution is 5.36. The molecule has 3 nitrogen and oxygen atoms in total. The molecule has 1 aliphatic heterocycles. The van der Waals surface area contributed by atoms with Crippen LogP contribution in [-0.2, 0) is 0 Å². The van der Waals surface area contributed by atoms with Crippen molar-refractivity contribution in [3.63, 3.8) is 0 Å². The first kappa shape index (κ1) is 11.4. The van der Waals surface area contributed by atoms with Crippen molar-refractivity contribution in [1.29, 1.82) is 0 Å². The van der Waals surface area contributed by atoms with Gasteiger partial charge in [0.15, 0.2) is 0 Å². The maximum absolute atomic E-state index is 9.09. The monoisotopic (exact) mass is 221 g/mol. The minimum absolute atomic E-state index is 0.121. The first-order chi connectivity index (χ1) is 7.81. The summed E-state index contributed by atoms with van der Waals surface area (Å²) in [6.07, 6.45) is 2.10. The van der Waals surface area contributed by atoms with E-state index >= 15 is 0 Å². The van der Waals surface area contributed by atoms with E-state index in [0.29, 0.717) is 6.04 Å². The maximum Gasteiger partial charge on any atom is 0.124 e. The van der Waals surface area contributed by atoms with Gasteiger partial charge in [0.25, 0.3) is 0 Å². The SMILES string of the molecule is C[C@@H](CO)NC1CCCOc2ccccc21. The van der Waals surface area contributed by atoms with Gasteiger partial charge in [-0.15, -0.1) is 0 Å². The number of nitrogens with one attached hydrogen (secondary N) is 1. The molecule has 2 N–H and O–H groups in total. The van der Waals surface area contributed by atoms with Crippen molar-refractivity contribution in [2.24, 2.45) is 0 Å². The van der Waals surface area contributed by atoms with Gasteiger partial charge in [0, 0.05) is 17.6 Å². The Hall–Kier alpha value is -1.06. The van der Waals surface area contributed by atoms with Crippen LogP contribution in [0, 0.1) is 0 Å². The predicted molar refractivity (Wildman–Crippen MR) is 63.6 cm³/mol. The van der Waals surface area contributed by atoms with Crippen LogP contribution in [0.4, 0.5) is 0 Å². The van der Waals surface area contributed by atoms with Crippen LogP contribution >= 0.6 is 0 Å². The Morgan fingerprint density at radius 2 is 2.31 bits per heavy atom. The third kappa shape index (κ3) is 2.54. The number of hydrogen-bond donors (Lipinski definition) is 2. The summed E-state index contributed by atoms with van der Waals surface area (Å²) in [5, 5.41) is 12.5. The summed E-state index contributed by atoms with van der Waals surface area (Å²) in [6.45, 7) is 2.94. The summed E-state index contributed by atoms with van der Waals surface area (Å²) >= 11 is 0. The van der Waals surface area contributed by atoms with Gasteiger partial charge in [-0.25, -0.2) is 0 Å². The molecular formula is C13H19NO2. The normalized spacial score (nSPS) is 21.8. The summed E-state index contributed by atoms with van der Waals surface area (Å²) in [4.78, 5) is 0. The van der Waals surface area contributed by atoms with E-state index < -0.39 is 0 Å². The van der Waals surface area contributed by atoms with Crippen LogP contribution in [0.2, 0.25) is 0 Å². The zero-order valence-corrected chi connectivity index (χ0v) is 9.65. The molecule has 1 aromatic rings. The maximum atomic E-state index is 9.09. The molecule has 1 heterocycles. The zero-order chi connectivity index (χ0) is 11.4. The summed E-state index contributed by atoms with van der Waals surface area (Å²) in [7, 11) is 0. The molecule has 0 saturated carbocycles. The standard InChI is InChI=1S/C13H19NO2/c1-10(9-15)14-12-6-4-8-16-13-7-3-2-5-11(12)13/h2-3,5,7,10,12,14-15H,4,6,8-9H2,1H3/t10-,12?/m0/s1. The van der Waals surface area contributed by atoms with Gasteiger partial charge in [0.2, 0.25) is 0 Å². The third-order valence-electron chi connectivity index (χ3n) is 2.95. The molecule has 2 atom stereocenters. The van der Waals surface area contributed by atoms with Crippen molar-refractivity contribution in [2.45, 2.75) is 31.8 Å². The van der Waals surface area contributed by atoms with Gasteiger partial charge in [0.05, 0.1) is 13.2 Å². The molecule has 0 amide bonds. The van der Waals surface area contributed by atoms with E-state index in [4.69, 9.17) is 9.84 Å². The Labute approximate surface area is 96.4 Å². The van der Waals surface area contributed by atoms with Crippen LogP contribution in [0.1, 0.15) is 31.4 Å². The first-order valence-corrected chi connectivity index (χ1v) is 5.90. The number of hydrogen-bond acceptors (Lipinski definition) is 3. The predicted octanol–water partition coefficient (Wildman–Crippen LogP) is 1.87. The quantitative estimate of drug-likeness (QED) is 0.818. The van der Waals surface area contributed by atoms with Crippen molar-refractivity contribution in [3.05, 3.63) is 29.8 Å². The summed E-state index contributed by atoms with van der Waals surface area (Å²) in [5.41, 5.74) is 1.21. The average Bonchev–Trinajstić information content (AvgIpc) is 2.52. The summed E-state index contributed by atoms with van der Waals surface area (Å²) < 4.78 is 5.69. The number of aliphatic hydroxyl groups is 1. The number of benzene rings is 1. The van der Waals surface area contributed by atoms with Gasteiger partial charge < -0.3 is 15.2 Å². The minimum atomic E-state index is 0.121. The number of ether oxygens (including phenoxy) is 1. The Kier molecular flexibility index (Phi) is 3.80. The number of fused-ring (bicyclic) bond motifs is 1. The molecular weight excluding hydrogens is 202 g/mol. The zero-order valence-electron chi connectivity index (χ0n) is 9.65. The minimum Gasteiger partial charge on any atom is -0.493 e. The molecule has 0 saturated heterocycles. The lowest BCUT2D eigenvalue weighted by Crippen LogP contribution is -2.33.